The maximum absolute atomic E-state index is 5.62. The van der Waals surface area contributed by atoms with Crippen LogP contribution in [-0.2, 0) is 13.1 Å². The highest BCUT2D eigenvalue weighted by molar-refractivity contribution is 5.18. The molecule has 2 heterocycles. The van der Waals surface area contributed by atoms with Gasteiger partial charge >= 0.3 is 0 Å². The summed E-state index contributed by atoms with van der Waals surface area (Å²) in [6.45, 7) is 12.8. The van der Waals surface area contributed by atoms with E-state index in [2.05, 4.69) is 50.1 Å². The highest BCUT2D eigenvalue weighted by atomic mass is 16.3. The minimum atomic E-state index is 0.120. The summed E-state index contributed by atoms with van der Waals surface area (Å²) in [7, 11) is 0. The maximum atomic E-state index is 5.62. The Balaban J connectivity index is 1.94. The molecule has 0 unspecified atom stereocenters. The van der Waals surface area contributed by atoms with Gasteiger partial charge < -0.3 is 9.73 Å². The van der Waals surface area contributed by atoms with E-state index in [-0.39, 0.29) is 5.54 Å². The highest BCUT2D eigenvalue weighted by Crippen LogP contribution is 2.17. The normalized spacial score (nSPS) is 17.6. The Morgan fingerprint density at radius 3 is 2.84 bits per heavy atom. The third kappa shape index (κ3) is 4.51. The zero-order valence-electron chi connectivity index (χ0n) is 12.6. The van der Waals surface area contributed by atoms with Crippen molar-refractivity contribution in [1.82, 2.24) is 10.2 Å². The number of nitrogens with one attached hydrogen (secondary N) is 1. The molecule has 106 valence electrons. The summed E-state index contributed by atoms with van der Waals surface area (Å²) in [5.41, 5.74) is 2.91. The van der Waals surface area contributed by atoms with Gasteiger partial charge in [0.25, 0.3) is 0 Å². The molecule has 1 N–H and O–H groups in total. The van der Waals surface area contributed by atoms with Gasteiger partial charge in [0.1, 0.15) is 5.76 Å². The van der Waals surface area contributed by atoms with Crippen LogP contribution in [0.25, 0.3) is 0 Å². The van der Waals surface area contributed by atoms with Crippen molar-refractivity contribution < 1.29 is 4.42 Å². The molecule has 0 atom stereocenters. The predicted octanol–water partition coefficient (Wildman–Crippen LogP) is 3.32. The molecule has 0 aromatic carbocycles. The Morgan fingerprint density at radius 2 is 2.16 bits per heavy atom. The SMILES string of the molecule is CC1=CCCN(Cc2ccoc2CNC(C)(C)C)C1. The summed E-state index contributed by atoms with van der Waals surface area (Å²) in [5.74, 6) is 1.07. The van der Waals surface area contributed by atoms with E-state index in [0.717, 1.165) is 31.9 Å². The first-order chi connectivity index (χ1) is 8.94. The van der Waals surface area contributed by atoms with Crippen LogP contribution in [0.2, 0.25) is 0 Å². The average Bonchev–Trinajstić information content (AvgIpc) is 2.73. The monoisotopic (exact) mass is 262 g/mol. The fraction of sp³-hybridized carbons (Fsp3) is 0.625. The van der Waals surface area contributed by atoms with Crippen molar-refractivity contribution in [2.45, 2.75) is 52.7 Å². The fourth-order valence-corrected chi connectivity index (χ4v) is 2.37. The van der Waals surface area contributed by atoms with Crippen LogP contribution >= 0.6 is 0 Å². The molecule has 1 aliphatic rings. The Hall–Kier alpha value is -1.06. The number of furan rings is 1. The lowest BCUT2D eigenvalue weighted by molar-refractivity contribution is 0.278. The second-order valence-electron chi connectivity index (χ2n) is 6.52. The summed E-state index contributed by atoms with van der Waals surface area (Å²) in [5, 5.41) is 3.49. The number of rotatable bonds is 4. The average molecular weight is 262 g/mol. The molecular formula is C16H26N2O. The third-order valence-corrected chi connectivity index (χ3v) is 3.42. The summed E-state index contributed by atoms with van der Waals surface area (Å²) in [6, 6.07) is 2.10. The van der Waals surface area contributed by atoms with Gasteiger partial charge in [0.05, 0.1) is 12.8 Å². The molecule has 0 radical (unpaired) electrons. The Bertz CT molecular complexity index is 440. The van der Waals surface area contributed by atoms with Gasteiger partial charge in [-0.05, 0) is 40.2 Å². The van der Waals surface area contributed by atoms with E-state index in [1.807, 2.05) is 6.26 Å². The zero-order chi connectivity index (χ0) is 13.9. The summed E-state index contributed by atoms with van der Waals surface area (Å²) in [4.78, 5) is 2.49. The fourth-order valence-electron chi connectivity index (χ4n) is 2.37. The first kappa shape index (κ1) is 14.4. The predicted molar refractivity (Wildman–Crippen MR) is 79.0 cm³/mol. The number of hydrogen-bond donors (Lipinski definition) is 1. The molecule has 1 aromatic rings. The van der Waals surface area contributed by atoms with Crippen LogP contribution in [0.15, 0.2) is 28.4 Å². The summed E-state index contributed by atoms with van der Waals surface area (Å²) >= 11 is 0. The van der Waals surface area contributed by atoms with Gasteiger partial charge in [-0.3, -0.25) is 4.90 Å². The molecule has 0 fully saturated rings. The van der Waals surface area contributed by atoms with Crippen molar-refractivity contribution in [1.29, 1.82) is 0 Å². The van der Waals surface area contributed by atoms with E-state index in [1.54, 1.807) is 0 Å². The van der Waals surface area contributed by atoms with Gasteiger partial charge in [-0.2, -0.15) is 0 Å². The van der Waals surface area contributed by atoms with Crippen LogP contribution in [0, 0.1) is 0 Å². The lowest BCUT2D eigenvalue weighted by atomic mass is 10.1. The van der Waals surface area contributed by atoms with Crippen molar-refractivity contribution in [3.63, 3.8) is 0 Å². The molecular weight excluding hydrogens is 236 g/mol. The topological polar surface area (TPSA) is 28.4 Å². The van der Waals surface area contributed by atoms with E-state index < -0.39 is 0 Å². The molecule has 2 rings (SSSR count). The molecule has 0 saturated heterocycles. The quantitative estimate of drug-likeness (QED) is 0.844. The molecule has 3 nitrogen and oxygen atoms in total. The molecule has 0 aliphatic carbocycles. The van der Waals surface area contributed by atoms with Gasteiger partial charge in [-0.25, -0.2) is 0 Å². The maximum Gasteiger partial charge on any atom is 0.122 e. The molecule has 0 amide bonds. The summed E-state index contributed by atoms with van der Waals surface area (Å²) in [6.07, 6.45) is 5.31. The summed E-state index contributed by atoms with van der Waals surface area (Å²) < 4.78 is 5.62. The van der Waals surface area contributed by atoms with Gasteiger partial charge in [-0.1, -0.05) is 11.6 Å². The van der Waals surface area contributed by atoms with Crippen molar-refractivity contribution in [2.75, 3.05) is 13.1 Å². The first-order valence-corrected chi connectivity index (χ1v) is 7.12. The van der Waals surface area contributed by atoms with Crippen LogP contribution in [0.5, 0.6) is 0 Å². The number of nitrogens with zero attached hydrogens (tertiary/aromatic N) is 1. The van der Waals surface area contributed by atoms with Crippen molar-refractivity contribution in [3.05, 3.63) is 35.3 Å². The van der Waals surface area contributed by atoms with Crippen LogP contribution in [0.3, 0.4) is 0 Å². The van der Waals surface area contributed by atoms with Crippen molar-refractivity contribution in [3.8, 4) is 0 Å². The Labute approximate surface area is 116 Å². The first-order valence-electron chi connectivity index (χ1n) is 7.12. The van der Waals surface area contributed by atoms with Crippen LogP contribution < -0.4 is 5.32 Å². The van der Waals surface area contributed by atoms with Crippen LogP contribution in [-0.4, -0.2) is 23.5 Å². The van der Waals surface area contributed by atoms with E-state index in [4.69, 9.17) is 4.42 Å². The number of hydrogen-bond acceptors (Lipinski definition) is 3. The van der Waals surface area contributed by atoms with Crippen molar-refractivity contribution >= 4 is 0 Å². The second kappa shape index (κ2) is 5.93. The Kier molecular flexibility index (Phi) is 4.48. The molecule has 0 saturated carbocycles. The van der Waals surface area contributed by atoms with Crippen LogP contribution in [0.1, 0.15) is 45.4 Å². The molecule has 1 aromatic heterocycles. The zero-order valence-corrected chi connectivity index (χ0v) is 12.6. The molecule has 0 bridgehead atoms. The van der Waals surface area contributed by atoms with Gasteiger partial charge in [0, 0.05) is 30.7 Å². The third-order valence-electron chi connectivity index (χ3n) is 3.42. The van der Waals surface area contributed by atoms with Gasteiger partial charge in [0.15, 0.2) is 0 Å². The Morgan fingerprint density at radius 1 is 1.37 bits per heavy atom. The molecule has 0 spiro atoms. The van der Waals surface area contributed by atoms with Crippen molar-refractivity contribution in [2.24, 2.45) is 0 Å². The van der Waals surface area contributed by atoms with Gasteiger partial charge in [0.2, 0.25) is 0 Å². The lowest BCUT2D eigenvalue weighted by Crippen LogP contribution is -2.35. The van der Waals surface area contributed by atoms with E-state index in [1.165, 1.54) is 17.6 Å². The smallest absolute Gasteiger partial charge is 0.122 e. The highest BCUT2D eigenvalue weighted by Gasteiger charge is 2.16. The van der Waals surface area contributed by atoms with E-state index >= 15 is 0 Å². The molecule has 3 heteroatoms. The second-order valence-corrected chi connectivity index (χ2v) is 6.52. The minimum Gasteiger partial charge on any atom is -0.468 e. The van der Waals surface area contributed by atoms with E-state index in [0.29, 0.717) is 0 Å². The largest absolute Gasteiger partial charge is 0.468 e. The lowest BCUT2D eigenvalue weighted by Gasteiger charge is -2.26. The molecule has 1 aliphatic heterocycles. The van der Waals surface area contributed by atoms with Crippen LogP contribution in [0.4, 0.5) is 0 Å². The standard InChI is InChI=1S/C16H26N2O/c1-13-6-5-8-18(11-13)12-14-7-9-19-15(14)10-17-16(2,3)4/h6-7,9,17H,5,8,10-12H2,1-4H3. The van der Waals surface area contributed by atoms with E-state index in [9.17, 15) is 0 Å². The van der Waals surface area contributed by atoms with Gasteiger partial charge in [-0.15, -0.1) is 0 Å². The minimum absolute atomic E-state index is 0.120. The molecule has 19 heavy (non-hydrogen) atoms.